The summed E-state index contributed by atoms with van der Waals surface area (Å²) in [6, 6.07) is 0. The molecular weight excluding hydrogens is 1310 g/mol. The van der Waals surface area contributed by atoms with Gasteiger partial charge < -0.3 is 33.8 Å². The molecule has 0 heterocycles. The fourth-order valence-corrected chi connectivity index (χ4v) is 14.0. The highest BCUT2D eigenvalue weighted by molar-refractivity contribution is 7.47. The summed E-state index contributed by atoms with van der Waals surface area (Å²) in [7, 11) is -9.92. The minimum atomic E-state index is -4.96. The van der Waals surface area contributed by atoms with Crippen molar-refractivity contribution in [2.75, 3.05) is 39.6 Å². The average molecular weight is 1470 g/mol. The van der Waals surface area contributed by atoms with Crippen LogP contribution in [0.25, 0.3) is 0 Å². The van der Waals surface area contributed by atoms with Gasteiger partial charge in [-0.3, -0.25) is 37.3 Å². The van der Waals surface area contributed by atoms with E-state index in [9.17, 15) is 43.2 Å². The maximum Gasteiger partial charge on any atom is 0.472 e. The predicted octanol–water partition coefficient (Wildman–Crippen LogP) is 24.1. The molecule has 0 bridgehead atoms. The molecular formula is C81H158O17P2. The smallest absolute Gasteiger partial charge is 0.462 e. The second-order valence-corrected chi connectivity index (χ2v) is 33.3. The van der Waals surface area contributed by atoms with Crippen molar-refractivity contribution in [3.05, 3.63) is 0 Å². The number of carbonyl (C=O) groups excluding carboxylic acids is 4. The van der Waals surface area contributed by atoms with Gasteiger partial charge in [0.05, 0.1) is 26.4 Å². The van der Waals surface area contributed by atoms with Crippen LogP contribution in [-0.4, -0.2) is 96.7 Å². The summed E-state index contributed by atoms with van der Waals surface area (Å²) in [5, 5.41) is 10.6. The van der Waals surface area contributed by atoms with Gasteiger partial charge in [-0.1, -0.05) is 370 Å². The van der Waals surface area contributed by atoms with Crippen molar-refractivity contribution >= 4 is 39.5 Å². The Morgan fingerprint density at radius 2 is 0.510 bits per heavy atom. The Bertz CT molecular complexity index is 1940. The first-order valence-electron chi connectivity index (χ1n) is 41.9. The fourth-order valence-electron chi connectivity index (χ4n) is 12.5. The topological polar surface area (TPSA) is 237 Å². The van der Waals surface area contributed by atoms with Crippen molar-refractivity contribution in [2.45, 2.75) is 439 Å². The van der Waals surface area contributed by atoms with Crippen LogP contribution in [0.2, 0.25) is 0 Å². The third kappa shape index (κ3) is 73.0. The van der Waals surface area contributed by atoms with Gasteiger partial charge in [-0.25, -0.2) is 9.13 Å². The van der Waals surface area contributed by atoms with Crippen molar-refractivity contribution in [1.82, 2.24) is 0 Å². The van der Waals surface area contributed by atoms with Crippen LogP contribution < -0.4 is 0 Å². The molecule has 594 valence electrons. The van der Waals surface area contributed by atoms with Gasteiger partial charge in [0, 0.05) is 25.7 Å². The summed E-state index contributed by atoms with van der Waals surface area (Å²) in [6.07, 6.45) is 59.7. The number of phosphoric acid groups is 2. The lowest BCUT2D eigenvalue weighted by molar-refractivity contribution is -0.161. The number of hydrogen-bond donors (Lipinski definition) is 3. The third-order valence-electron chi connectivity index (χ3n) is 19.2. The van der Waals surface area contributed by atoms with E-state index in [1.807, 2.05) is 0 Å². The highest BCUT2D eigenvalue weighted by atomic mass is 31.2. The van der Waals surface area contributed by atoms with Crippen LogP contribution in [0.15, 0.2) is 0 Å². The quantitative estimate of drug-likeness (QED) is 0.0222. The molecule has 17 nitrogen and oxygen atoms in total. The Morgan fingerprint density at radius 3 is 0.760 bits per heavy atom. The lowest BCUT2D eigenvalue weighted by Gasteiger charge is -2.21. The average Bonchev–Trinajstić information content (AvgIpc) is 0.918. The van der Waals surface area contributed by atoms with Crippen LogP contribution in [0.4, 0.5) is 0 Å². The van der Waals surface area contributed by atoms with Gasteiger partial charge in [-0.15, -0.1) is 0 Å². The zero-order valence-corrected chi connectivity index (χ0v) is 67.5. The lowest BCUT2D eigenvalue weighted by Crippen LogP contribution is -2.30. The number of esters is 4. The molecule has 0 saturated carbocycles. The summed E-state index contributed by atoms with van der Waals surface area (Å²) in [5.74, 6) is 0.195. The number of aliphatic hydroxyl groups excluding tert-OH is 1. The molecule has 19 heteroatoms. The van der Waals surface area contributed by atoms with Crippen LogP contribution >= 0.6 is 15.6 Å². The van der Waals surface area contributed by atoms with Crippen LogP contribution in [0.1, 0.15) is 421 Å². The highest BCUT2D eigenvalue weighted by Crippen LogP contribution is 2.45. The Hall–Kier alpha value is -1.94. The molecule has 6 atom stereocenters. The van der Waals surface area contributed by atoms with Gasteiger partial charge in [0.25, 0.3) is 0 Å². The zero-order chi connectivity index (χ0) is 73.7. The molecule has 0 saturated heterocycles. The van der Waals surface area contributed by atoms with Gasteiger partial charge in [0.1, 0.15) is 19.3 Å². The standard InChI is InChI=1S/C81H158O17P2/c1-8-10-11-12-13-14-15-16-17-18-19-20-21-26-29-35-42-50-57-64-80(85)97-76(68-91-78(83)62-55-48-41-34-28-25-23-22-24-27-33-40-47-54-61-74(7)9-2)70-95-99(87,88)93-66-75(82)67-94-100(89,90)96-71-77(69-92-79(84)63-56-49-44-37-39-46-53-60-73(5)6)98-81(86)65-58-51-43-36-31-30-32-38-45-52-59-72(3)4/h72-77,82H,8-71H2,1-7H3,(H,87,88)(H,89,90)/t74?,75-,76-,77-/m1/s1. The molecule has 3 N–H and O–H groups in total. The number of phosphoric ester groups is 2. The second kappa shape index (κ2) is 71.3. The zero-order valence-electron chi connectivity index (χ0n) is 65.7. The van der Waals surface area contributed by atoms with E-state index in [1.165, 1.54) is 225 Å². The lowest BCUT2D eigenvalue weighted by atomic mass is 9.99. The molecule has 0 aliphatic carbocycles. The first-order valence-corrected chi connectivity index (χ1v) is 44.9. The fraction of sp³-hybridized carbons (Fsp3) is 0.951. The normalized spacial score (nSPS) is 14.2. The number of aliphatic hydroxyl groups is 1. The molecule has 0 amide bonds. The van der Waals surface area contributed by atoms with Gasteiger partial charge in [0.2, 0.25) is 0 Å². The first-order chi connectivity index (χ1) is 48.3. The van der Waals surface area contributed by atoms with Crippen molar-refractivity contribution in [1.29, 1.82) is 0 Å². The Morgan fingerprint density at radius 1 is 0.290 bits per heavy atom. The van der Waals surface area contributed by atoms with Crippen molar-refractivity contribution in [2.24, 2.45) is 17.8 Å². The summed E-state index contributed by atoms with van der Waals surface area (Å²) in [6.45, 7) is 11.9. The van der Waals surface area contributed by atoms with Gasteiger partial charge in [-0.05, 0) is 43.4 Å². The van der Waals surface area contributed by atoms with Crippen LogP contribution in [-0.2, 0) is 65.4 Å². The van der Waals surface area contributed by atoms with E-state index in [0.29, 0.717) is 31.6 Å². The minimum absolute atomic E-state index is 0.105. The van der Waals surface area contributed by atoms with E-state index in [1.54, 1.807) is 0 Å². The van der Waals surface area contributed by atoms with Crippen molar-refractivity contribution in [3.63, 3.8) is 0 Å². The minimum Gasteiger partial charge on any atom is -0.462 e. The highest BCUT2D eigenvalue weighted by Gasteiger charge is 2.30. The molecule has 100 heavy (non-hydrogen) atoms. The first kappa shape index (κ1) is 98.1. The maximum absolute atomic E-state index is 13.1. The number of carbonyl (C=O) groups is 4. The molecule has 0 fully saturated rings. The van der Waals surface area contributed by atoms with Gasteiger partial charge in [-0.2, -0.15) is 0 Å². The number of hydrogen-bond acceptors (Lipinski definition) is 15. The van der Waals surface area contributed by atoms with E-state index >= 15 is 0 Å². The SMILES string of the molecule is CCCCCCCCCCCCCCCCCCCCCC(=O)O[C@H](COC(=O)CCCCCCCCCCCCCCCCC(C)CC)COP(=O)(O)OC[C@@H](O)COP(=O)(O)OC[C@@H](COC(=O)CCCCCCCCCC(C)C)OC(=O)CCCCCCCCCCCCC(C)C. The molecule has 0 spiro atoms. The van der Waals surface area contributed by atoms with E-state index in [4.69, 9.17) is 37.0 Å². The van der Waals surface area contributed by atoms with E-state index < -0.39 is 97.5 Å². The third-order valence-corrected chi connectivity index (χ3v) is 21.1. The Labute approximate surface area is 613 Å². The summed E-state index contributed by atoms with van der Waals surface area (Å²) in [5.41, 5.74) is 0. The van der Waals surface area contributed by atoms with Crippen LogP contribution in [0.3, 0.4) is 0 Å². The van der Waals surface area contributed by atoms with Gasteiger partial charge in [0.15, 0.2) is 12.2 Å². The summed E-state index contributed by atoms with van der Waals surface area (Å²) < 4.78 is 68.7. The monoisotopic (exact) mass is 1470 g/mol. The Balaban J connectivity index is 5.24. The van der Waals surface area contributed by atoms with E-state index in [0.717, 1.165) is 108 Å². The van der Waals surface area contributed by atoms with E-state index in [2.05, 4.69) is 48.5 Å². The predicted molar refractivity (Wildman–Crippen MR) is 409 cm³/mol. The van der Waals surface area contributed by atoms with Crippen molar-refractivity contribution in [3.8, 4) is 0 Å². The Kier molecular flexibility index (Phi) is 69.9. The summed E-state index contributed by atoms with van der Waals surface area (Å²) in [4.78, 5) is 73.0. The molecule has 0 aliphatic heterocycles. The molecule has 3 unspecified atom stereocenters. The molecule has 0 aromatic carbocycles. The van der Waals surface area contributed by atoms with Gasteiger partial charge >= 0.3 is 39.5 Å². The van der Waals surface area contributed by atoms with Crippen LogP contribution in [0.5, 0.6) is 0 Å². The number of rotatable bonds is 79. The molecule has 0 aromatic heterocycles. The molecule has 0 aliphatic rings. The molecule has 0 aromatic rings. The van der Waals surface area contributed by atoms with Crippen molar-refractivity contribution < 1.29 is 80.2 Å². The second-order valence-electron chi connectivity index (χ2n) is 30.4. The van der Waals surface area contributed by atoms with E-state index in [-0.39, 0.29) is 25.7 Å². The molecule has 0 radical (unpaired) electrons. The van der Waals surface area contributed by atoms with Crippen LogP contribution in [0, 0.1) is 17.8 Å². The maximum atomic E-state index is 13.1. The molecule has 0 rings (SSSR count). The summed E-state index contributed by atoms with van der Waals surface area (Å²) >= 11 is 0. The number of unbranched alkanes of at least 4 members (excludes halogenated alkanes) is 46. The largest absolute Gasteiger partial charge is 0.472 e. The number of ether oxygens (including phenoxy) is 4.